The molecule has 0 bridgehead atoms. The van der Waals surface area contributed by atoms with E-state index in [1.54, 1.807) is 17.7 Å². The van der Waals surface area contributed by atoms with Crippen LogP contribution in [0, 0.1) is 6.92 Å². The zero-order chi connectivity index (χ0) is 17.2. The van der Waals surface area contributed by atoms with Gasteiger partial charge in [0.05, 0.1) is 41.3 Å². The highest BCUT2D eigenvalue weighted by Crippen LogP contribution is 2.28. The van der Waals surface area contributed by atoms with Crippen LogP contribution in [-0.2, 0) is 13.6 Å². The van der Waals surface area contributed by atoms with Gasteiger partial charge >= 0.3 is 0 Å². The van der Waals surface area contributed by atoms with Crippen molar-refractivity contribution in [2.75, 3.05) is 13.1 Å². The Bertz CT molecular complexity index is 855. The standard InChI is InChI=1S/C18H22N6S/c1-13-18(25-12-21-13)10-24-5-3-4-14(9-24)15-6-19-7-16(22-15)17-8-20-11-23(17)2/h6-8,11-12,14H,3-5,9-10H2,1-2H3/t14-/m1/s1. The SMILES string of the molecule is Cc1ncsc1CN1CCC[C@@H](c2cncc(-c3cncn3C)n2)C1. The Morgan fingerprint density at radius 2 is 2.16 bits per heavy atom. The van der Waals surface area contributed by atoms with E-state index in [9.17, 15) is 0 Å². The fourth-order valence-electron chi connectivity index (χ4n) is 3.43. The zero-order valence-electron chi connectivity index (χ0n) is 14.6. The van der Waals surface area contributed by atoms with Gasteiger partial charge in [-0.05, 0) is 26.3 Å². The first-order valence-electron chi connectivity index (χ1n) is 8.60. The van der Waals surface area contributed by atoms with Gasteiger partial charge in [0.1, 0.15) is 5.69 Å². The molecule has 7 heteroatoms. The molecule has 4 heterocycles. The van der Waals surface area contributed by atoms with E-state index in [1.807, 2.05) is 35.7 Å². The smallest absolute Gasteiger partial charge is 0.107 e. The van der Waals surface area contributed by atoms with Crippen molar-refractivity contribution in [2.24, 2.45) is 7.05 Å². The van der Waals surface area contributed by atoms with E-state index in [2.05, 4.69) is 26.8 Å². The number of imidazole rings is 1. The lowest BCUT2D eigenvalue weighted by molar-refractivity contribution is 0.199. The van der Waals surface area contributed by atoms with E-state index in [1.165, 1.54) is 17.7 Å². The Balaban J connectivity index is 1.51. The molecule has 1 aliphatic rings. The molecule has 25 heavy (non-hydrogen) atoms. The number of hydrogen-bond acceptors (Lipinski definition) is 6. The molecule has 0 aliphatic carbocycles. The van der Waals surface area contributed by atoms with Crippen LogP contribution in [0.1, 0.15) is 35.0 Å². The van der Waals surface area contributed by atoms with Gasteiger partial charge in [-0.2, -0.15) is 0 Å². The maximum absolute atomic E-state index is 4.89. The number of aryl methyl sites for hydroxylation is 2. The average Bonchev–Trinajstić information content (AvgIpc) is 3.24. The third kappa shape index (κ3) is 3.48. The van der Waals surface area contributed by atoms with Crippen molar-refractivity contribution in [3.63, 3.8) is 0 Å². The number of nitrogens with zero attached hydrogens (tertiary/aromatic N) is 6. The summed E-state index contributed by atoms with van der Waals surface area (Å²) < 4.78 is 1.98. The van der Waals surface area contributed by atoms with Gasteiger partial charge < -0.3 is 4.57 Å². The molecular weight excluding hydrogens is 332 g/mol. The predicted octanol–water partition coefficient (Wildman–Crippen LogP) is 3.02. The summed E-state index contributed by atoms with van der Waals surface area (Å²) in [7, 11) is 1.98. The molecule has 6 nitrogen and oxygen atoms in total. The first kappa shape index (κ1) is 16.4. The van der Waals surface area contributed by atoms with Crippen molar-refractivity contribution in [1.29, 1.82) is 0 Å². The molecule has 1 fully saturated rings. The molecule has 130 valence electrons. The summed E-state index contributed by atoms with van der Waals surface area (Å²) in [6.07, 6.45) is 9.74. The number of aromatic nitrogens is 5. The maximum Gasteiger partial charge on any atom is 0.107 e. The van der Waals surface area contributed by atoms with Gasteiger partial charge in [0.2, 0.25) is 0 Å². The molecule has 0 aromatic carbocycles. The van der Waals surface area contributed by atoms with Crippen LogP contribution >= 0.6 is 11.3 Å². The minimum atomic E-state index is 0.433. The first-order valence-corrected chi connectivity index (χ1v) is 9.48. The molecule has 0 unspecified atom stereocenters. The molecule has 0 spiro atoms. The fourth-order valence-corrected chi connectivity index (χ4v) is 4.25. The number of hydrogen-bond donors (Lipinski definition) is 0. The van der Waals surface area contributed by atoms with E-state index < -0.39 is 0 Å². The summed E-state index contributed by atoms with van der Waals surface area (Å²) in [6.45, 7) is 5.25. The molecule has 3 aromatic rings. The third-order valence-electron chi connectivity index (χ3n) is 4.87. The molecule has 3 aromatic heterocycles. The van der Waals surface area contributed by atoms with E-state index in [0.717, 1.165) is 42.4 Å². The van der Waals surface area contributed by atoms with Crippen molar-refractivity contribution in [3.8, 4) is 11.4 Å². The summed E-state index contributed by atoms with van der Waals surface area (Å²) in [6, 6.07) is 0. The van der Waals surface area contributed by atoms with Gasteiger partial charge in [0.25, 0.3) is 0 Å². The number of likely N-dealkylation sites (tertiary alicyclic amines) is 1. The quantitative estimate of drug-likeness (QED) is 0.721. The van der Waals surface area contributed by atoms with E-state index >= 15 is 0 Å². The number of rotatable bonds is 4. The Labute approximate surface area is 151 Å². The zero-order valence-corrected chi connectivity index (χ0v) is 15.4. The van der Waals surface area contributed by atoms with Crippen LogP contribution in [0.3, 0.4) is 0 Å². The van der Waals surface area contributed by atoms with Crippen LogP contribution in [0.5, 0.6) is 0 Å². The van der Waals surface area contributed by atoms with Crippen molar-refractivity contribution in [1.82, 2.24) is 29.4 Å². The Hall–Kier alpha value is -2.12. The van der Waals surface area contributed by atoms with Crippen molar-refractivity contribution >= 4 is 11.3 Å². The van der Waals surface area contributed by atoms with Gasteiger partial charge in [-0.1, -0.05) is 0 Å². The molecule has 4 rings (SSSR count). The number of thiazole rings is 1. The van der Waals surface area contributed by atoms with E-state index in [4.69, 9.17) is 4.98 Å². The van der Waals surface area contributed by atoms with Gasteiger partial charge in [-0.15, -0.1) is 11.3 Å². The van der Waals surface area contributed by atoms with Crippen LogP contribution in [0.25, 0.3) is 11.4 Å². The second-order valence-corrected chi connectivity index (χ2v) is 7.59. The van der Waals surface area contributed by atoms with Gasteiger partial charge in [0, 0.05) is 37.1 Å². The summed E-state index contributed by atoms with van der Waals surface area (Å²) in [5.41, 5.74) is 6.08. The van der Waals surface area contributed by atoms with E-state index in [-0.39, 0.29) is 0 Å². The van der Waals surface area contributed by atoms with Gasteiger partial charge in [-0.25, -0.2) is 15.0 Å². The van der Waals surface area contributed by atoms with Gasteiger partial charge in [0.15, 0.2) is 0 Å². The normalized spacial score (nSPS) is 18.6. The largest absolute Gasteiger partial charge is 0.332 e. The minimum Gasteiger partial charge on any atom is -0.332 e. The molecule has 0 amide bonds. The van der Waals surface area contributed by atoms with Crippen LogP contribution in [0.2, 0.25) is 0 Å². The molecule has 1 saturated heterocycles. The molecule has 1 aliphatic heterocycles. The lowest BCUT2D eigenvalue weighted by Crippen LogP contribution is -2.34. The Kier molecular flexibility index (Phi) is 4.59. The highest BCUT2D eigenvalue weighted by molar-refractivity contribution is 7.09. The van der Waals surface area contributed by atoms with Crippen LogP contribution in [0.15, 0.2) is 30.4 Å². The predicted molar refractivity (Wildman–Crippen MR) is 98.3 cm³/mol. The molecule has 0 N–H and O–H groups in total. The minimum absolute atomic E-state index is 0.433. The highest BCUT2D eigenvalue weighted by atomic mass is 32.1. The third-order valence-corrected chi connectivity index (χ3v) is 5.79. The van der Waals surface area contributed by atoms with Crippen LogP contribution < -0.4 is 0 Å². The van der Waals surface area contributed by atoms with Crippen LogP contribution in [0.4, 0.5) is 0 Å². The maximum atomic E-state index is 4.89. The monoisotopic (exact) mass is 354 g/mol. The van der Waals surface area contributed by atoms with Crippen molar-refractivity contribution < 1.29 is 0 Å². The second kappa shape index (κ2) is 7.01. The van der Waals surface area contributed by atoms with Crippen molar-refractivity contribution in [3.05, 3.63) is 46.7 Å². The Morgan fingerprint density at radius 3 is 2.92 bits per heavy atom. The summed E-state index contributed by atoms with van der Waals surface area (Å²) in [5, 5.41) is 0. The first-order chi connectivity index (χ1) is 12.2. The highest BCUT2D eigenvalue weighted by Gasteiger charge is 2.24. The van der Waals surface area contributed by atoms with Gasteiger partial charge in [-0.3, -0.25) is 9.88 Å². The van der Waals surface area contributed by atoms with E-state index in [0.29, 0.717) is 5.92 Å². The van der Waals surface area contributed by atoms with Crippen molar-refractivity contribution in [2.45, 2.75) is 32.2 Å². The fraction of sp³-hybridized carbons (Fsp3) is 0.444. The summed E-state index contributed by atoms with van der Waals surface area (Å²) in [4.78, 5) is 21.8. The molecular formula is C18H22N6S. The van der Waals surface area contributed by atoms with Crippen LogP contribution in [-0.4, -0.2) is 42.5 Å². The Morgan fingerprint density at radius 1 is 1.24 bits per heavy atom. The number of piperidine rings is 1. The summed E-state index contributed by atoms with van der Waals surface area (Å²) >= 11 is 1.75. The molecule has 1 atom stereocenters. The summed E-state index contributed by atoms with van der Waals surface area (Å²) in [5.74, 6) is 0.433. The average molecular weight is 354 g/mol. The molecule has 0 radical (unpaired) electrons. The topological polar surface area (TPSA) is 59.7 Å². The lowest BCUT2D eigenvalue weighted by atomic mass is 9.95. The lowest BCUT2D eigenvalue weighted by Gasteiger charge is -2.32. The molecule has 0 saturated carbocycles. The second-order valence-electron chi connectivity index (χ2n) is 6.65.